The van der Waals surface area contributed by atoms with Gasteiger partial charge in [0.2, 0.25) is 0 Å². The number of hydrogen-bond acceptors (Lipinski definition) is 5. The number of thiocarbonyl (C=S) groups is 1. The first kappa shape index (κ1) is 14.0. The first-order valence-corrected chi connectivity index (χ1v) is 7.63. The molecule has 1 aliphatic rings. The van der Waals surface area contributed by atoms with Gasteiger partial charge in [0, 0.05) is 18.3 Å². The summed E-state index contributed by atoms with van der Waals surface area (Å²) in [6, 6.07) is 9.49. The summed E-state index contributed by atoms with van der Waals surface area (Å²) in [6.45, 7) is 1.46. The van der Waals surface area contributed by atoms with E-state index in [2.05, 4.69) is 4.98 Å². The van der Waals surface area contributed by atoms with Crippen LogP contribution < -0.4 is 15.2 Å². The second-order valence-corrected chi connectivity index (χ2v) is 5.71. The standard InChI is InChI=1S/C16H14N4O2S/c17-15(23)9-20-12-8-14-13(21-5-6-22-14)7-11(12)19-16(20)10-3-1-2-4-18-10/h1-4,7-8H,5-6,9H2,(H2,17,23). The van der Waals surface area contributed by atoms with Gasteiger partial charge in [0.15, 0.2) is 17.3 Å². The maximum atomic E-state index is 5.77. The van der Waals surface area contributed by atoms with Crippen molar-refractivity contribution in [3.63, 3.8) is 0 Å². The van der Waals surface area contributed by atoms with Gasteiger partial charge in [-0.3, -0.25) is 4.98 Å². The second-order valence-electron chi connectivity index (χ2n) is 5.19. The van der Waals surface area contributed by atoms with E-state index in [1.54, 1.807) is 6.20 Å². The maximum Gasteiger partial charge on any atom is 0.163 e. The predicted molar refractivity (Wildman–Crippen MR) is 90.7 cm³/mol. The Morgan fingerprint density at radius 1 is 1.22 bits per heavy atom. The normalized spacial score (nSPS) is 13.2. The third kappa shape index (κ3) is 2.49. The molecule has 116 valence electrons. The number of nitrogens with two attached hydrogens (primary N) is 1. The Bertz CT molecular complexity index is 892. The molecule has 0 radical (unpaired) electrons. The minimum Gasteiger partial charge on any atom is -0.486 e. The number of ether oxygens (including phenoxy) is 2. The number of benzene rings is 1. The quantitative estimate of drug-likeness (QED) is 0.743. The van der Waals surface area contributed by atoms with Crippen molar-refractivity contribution in [1.29, 1.82) is 0 Å². The molecule has 0 bridgehead atoms. The molecule has 7 heteroatoms. The van der Waals surface area contributed by atoms with E-state index in [-0.39, 0.29) is 0 Å². The SMILES string of the molecule is NC(=S)Cn1c(-c2ccccn2)nc2cc3c(cc21)OCCO3. The third-order valence-corrected chi connectivity index (χ3v) is 3.75. The molecule has 1 aliphatic heterocycles. The monoisotopic (exact) mass is 326 g/mol. The summed E-state index contributed by atoms with van der Waals surface area (Å²) in [7, 11) is 0. The van der Waals surface area contributed by atoms with E-state index >= 15 is 0 Å². The Kier molecular flexibility index (Phi) is 3.34. The molecule has 0 saturated heterocycles. The molecule has 23 heavy (non-hydrogen) atoms. The molecule has 0 fully saturated rings. The summed E-state index contributed by atoms with van der Waals surface area (Å²) in [5.74, 6) is 2.13. The molecular formula is C16H14N4O2S. The average Bonchev–Trinajstić information content (AvgIpc) is 2.91. The first-order valence-electron chi connectivity index (χ1n) is 7.22. The highest BCUT2D eigenvalue weighted by molar-refractivity contribution is 7.80. The van der Waals surface area contributed by atoms with Crippen molar-refractivity contribution in [3.8, 4) is 23.0 Å². The number of fused-ring (bicyclic) bond motifs is 2. The fraction of sp³-hybridized carbons (Fsp3) is 0.188. The van der Waals surface area contributed by atoms with Crippen LogP contribution in [0.25, 0.3) is 22.6 Å². The summed E-state index contributed by atoms with van der Waals surface area (Å²) < 4.78 is 13.2. The summed E-state index contributed by atoms with van der Waals surface area (Å²) in [4.78, 5) is 9.46. The fourth-order valence-corrected chi connectivity index (χ4v) is 2.80. The summed E-state index contributed by atoms with van der Waals surface area (Å²) in [5.41, 5.74) is 8.22. The van der Waals surface area contributed by atoms with E-state index in [0.29, 0.717) is 36.2 Å². The Hall–Kier alpha value is -2.67. The van der Waals surface area contributed by atoms with Crippen molar-refractivity contribution in [2.24, 2.45) is 5.73 Å². The lowest BCUT2D eigenvalue weighted by molar-refractivity contribution is 0.172. The zero-order valence-corrected chi connectivity index (χ0v) is 13.0. The second kappa shape index (κ2) is 5.51. The molecule has 0 atom stereocenters. The molecule has 0 aliphatic carbocycles. The van der Waals surface area contributed by atoms with Gasteiger partial charge in [0.1, 0.15) is 18.9 Å². The molecule has 1 aromatic carbocycles. The molecular weight excluding hydrogens is 312 g/mol. The van der Waals surface area contributed by atoms with E-state index < -0.39 is 0 Å². The van der Waals surface area contributed by atoms with Gasteiger partial charge in [0.25, 0.3) is 0 Å². The van der Waals surface area contributed by atoms with Gasteiger partial charge in [-0.25, -0.2) is 4.98 Å². The molecule has 3 heterocycles. The fourth-order valence-electron chi connectivity index (χ4n) is 2.67. The first-order chi connectivity index (χ1) is 11.2. The van der Waals surface area contributed by atoms with Crippen molar-refractivity contribution in [2.45, 2.75) is 6.54 Å². The van der Waals surface area contributed by atoms with Crippen LogP contribution >= 0.6 is 12.2 Å². The molecule has 0 amide bonds. The molecule has 2 aromatic heterocycles. The number of pyridine rings is 1. The van der Waals surface area contributed by atoms with Crippen LogP contribution in [0.1, 0.15) is 0 Å². The highest BCUT2D eigenvalue weighted by Gasteiger charge is 2.19. The number of rotatable bonds is 3. The number of imidazole rings is 1. The zero-order valence-electron chi connectivity index (χ0n) is 12.2. The van der Waals surface area contributed by atoms with Gasteiger partial charge in [-0.15, -0.1) is 0 Å². The molecule has 6 nitrogen and oxygen atoms in total. The maximum absolute atomic E-state index is 5.77. The minimum atomic E-state index is 0.386. The van der Waals surface area contributed by atoms with Crippen LogP contribution in [0.3, 0.4) is 0 Å². The third-order valence-electron chi connectivity index (χ3n) is 3.62. The molecule has 0 saturated carbocycles. The highest BCUT2D eigenvalue weighted by Crippen LogP contribution is 2.36. The molecule has 0 spiro atoms. The van der Waals surface area contributed by atoms with Gasteiger partial charge >= 0.3 is 0 Å². The van der Waals surface area contributed by atoms with Crippen LogP contribution in [0.15, 0.2) is 36.5 Å². The van der Waals surface area contributed by atoms with Crippen molar-refractivity contribution >= 4 is 28.2 Å². The topological polar surface area (TPSA) is 75.2 Å². The van der Waals surface area contributed by atoms with Crippen LogP contribution in [-0.4, -0.2) is 32.7 Å². The van der Waals surface area contributed by atoms with Gasteiger partial charge in [-0.05, 0) is 12.1 Å². The van der Waals surface area contributed by atoms with E-state index in [4.69, 9.17) is 32.4 Å². The van der Waals surface area contributed by atoms with Gasteiger partial charge in [-0.1, -0.05) is 18.3 Å². The highest BCUT2D eigenvalue weighted by atomic mass is 32.1. The van der Waals surface area contributed by atoms with Crippen LogP contribution in [0.4, 0.5) is 0 Å². The lowest BCUT2D eigenvalue weighted by Crippen LogP contribution is -2.18. The Morgan fingerprint density at radius 2 is 2.00 bits per heavy atom. The van der Waals surface area contributed by atoms with E-state index in [9.17, 15) is 0 Å². The number of aromatic nitrogens is 3. The predicted octanol–water partition coefficient (Wildman–Crippen LogP) is 2.16. The molecule has 3 aromatic rings. The summed E-state index contributed by atoms with van der Waals surface area (Å²) in [5, 5.41) is 0. The smallest absolute Gasteiger partial charge is 0.163 e. The van der Waals surface area contributed by atoms with Crippen LogP contribution in [0.5, 0.6) is 11.5 Å². The van der Waals surface area contributed by atoms with Crippen LogP contribution in [0, 0.1) is 0 Å². The van der Waals surface area contributed by atoms with Gasteiger partial charge < -0.3 is 19.8 Å². The van der Waals surface area contributed by atoms with E-state index in [1.807, 2.05) is 34.9 Å². The molecule has 4 rings (SSSR count). The largest absolute Gasteiger partial charge is 0.486 e. The van der Waals surface area contributed by atoms with Crippen LogP contribution in [-0.2, 0) is 6.54 Å². The Balaban J connectivity index is 1.96. The lowest BCUT2D eigenvalue weighted by atomic mass is 10.2. The van der Waals surface area contributed by atoms with Gasteiger partial charge in [-0.2, -0.15) is 0 Å². The zero-order chi connectivity index (χ0) is 15.8. The van der Waals surface area contributed by atoms with E-state index in [0.717, 1.165) is 22.6 Å². The summed E-state index contributed by atoms with van der Waals surface area (Å²) >= 11 is 5.09. The van der Waals surface area contributed by atoms with Crippen molar-refractivity contribution < 1.29 is 9.47 Å². The number of hydrogen-bond donors (Lipinski definition) is 1. The van der Waals surface area contributed by atoms with Crippen molar-refractivity contribution in [1.82, 2.24) is 14.5 Å². The Morgan fingerprint density at radius 3 is 2.70 bits per heavy atom. The average molecular weight is 326 g/mol. The lowest BCUT2D eigenvalue weighted by Gasteiger charge is -2.18. The Labute approximate surface area is 137 Å². The van der Waals surface area contributed by atoms with Crippen molar-refractivity contribution in [3.05, 3.63) is 36.5 Å². The molecule has 0 unspecified atom stereocenters. The number of nitrogens with zero attached hydrogens (tertiary/aromatic N) is 3. The summed E-state index contributed by atoms with van der Waals surface area (Å²) in [6.07, 6.45) is 1.73. The van der Waals surface area contributed by atoms with Crippen LogP contribution in [0.2, 0.25) is 0 Å². The van der Waals surface area contributed by atoms with Crippen molar-refractivity contribution in [2.75, 3.05) is 13.2 Å². The van der Waals surface area contributed by atoms with E-state index in [1.165, 1.54) is 0 Å². The molecule has 2 N–H and O–H groups in total. The van der Waals surface area contributed by atoms with Gasteiger partial charge in [0.05, 0.1) is 22.6 Å². The minimum absolute atomic E-state index is 0.386.